The second-order valence-electron chi connectivity index (χ2n) is 7.06. The molecule has 1 fully saturated rings. The Hall–Kier alpha value is -2.23. The van der Waals surface area contributed by atoms with Crippen LogP contribution in [0.2, 0.25) is 0 Å². The van der Waals surface area contributed by atoms with Gasteiger partial charge in [-0.3, -0.25) is 9.52 Å². The molecule has 1 saturated heterocycles. The average Bonchev–Trinajstić information content (AvgIpc) is 2.74. The Balaban J connectivity index is 1.84. The Morgan fingerprint density at radius 3 is 2.40 bits per heavy atom. The fraction of sp³-hybridized carbons (Fsp3) is 0.381. The van der Waals surface area contributed by atoms with Gasteiger partial charge in [0.2, 0.25) is 0 Å². The van der Waals surface area contributed by atoms with Crippen molar-refractivity contribution in [3.8, 4) is 5.75 Å². The highest BCUT2D eigenvalue weighted by molar-refractivity contribution is 7.98. The SMILES string of the molecule is CSc1ccc(S(=O)(=O)Nc2ccc(OC(C)C)cc2)cc1C(=O)N1CCOCC1. The predicted molar refractivity (Wildman–Crippen MR) is 118 cm³/mol. The van der Waals surface area contributed by atoms with Gasteiger partial charge in [-0.2, -0.15) is 0 Å². The van der Waals surface area contributed by atoms with Gasteiger partial charge in [-0.25, -0.2) is 8.42 Å². The molecule has 0 saturated carbocycles. The number of thioether (sulfide) groups is 1. The highest BCUT2D eigenvalue weighted by Crippen LogP contribution is 2.27. The number of ether oxygens (including phenoxy) is 2. The number of sulfonamides is 1. The van der Waals surface area contributed by atoms with E-state index >= 15 is 0 Å². The smallest absolute Gasteiger partial charge is 0.261 e. The number of hydrogen-bond donors (Lipinski definition) is 1. The van der Waals surface area contributed by atoms with Gasteiger partial charge in [0.1, 0.15) is 5.75 Å². The van der Waals surface area contributed by atoms with Crippen LogP contribution in [0.15, 0.2) is 52.3 Å². The first kappa shape index (κ1) is 22.5. The molecule has 2 aromatic carbocycles. The van der Waals surface area contributed by atoms with Crippen molar-refractivity contribution >= 4 is 33.4 Å². The molecule has 0 atom stereocenters. The summed E-state index contributed by atoms with van der Waals surface area (Å²) in [6, 6.07) is 11.3. The highest BCUT2D eigenvalue weighted by Gasteiger charge is 2.24. The second-order valence-corrected chi connectivity index (χ2v) is 9.59. The van der Waals surface area contributed by atoms with Gasteiger partial charge in [-0.1, -0.05) is 0 Å². The fourth-order valence-electron chi connectivity index (χ4n) is 3.05. The number of carbonyl (C=O) groups is 1. The van der Waals surface area contributed by atoms with Crippen molar-refractivity contribution in [2.45, 2.75) is 29.7 Å². The number of rotatable bonds is 7. The van der Waals surface area contributed by atoms with Crippen molar-refractivity contribution in [3.05, 3.63) is 48.0 Å². The number of carbonyl (C=O) groups excluding carboxylic acids is 1. The maximum atomic E-state index is 13.0. The number of anilines is 1. The lowest BCUT2D eigenvalue weighted by Gasteiger charge is -2.27. The Bertz CT molecular complexity index is 985. The molecule has 3 rings (SSSR count). The maximum absolute atomic E-state index is 13.0. The molecular formula is C21H26N2O5S2. The van der Waals surface area contributed by atoms with E-state index in [0.29, 0.717) is 43.3 Å². The summed E-state index contributed by atoms with van der Waals surface area (Å²) in [4.78, 5) is 15.4. The average molecular weight is 451 g/mol. The third-order valence-electron chi connectivity index (χ3n) is 4.49. The molecule has 0 bridgehead atoms. The van der Waals surface area contributed by atoms with E-state index < -0.39 is 10.0 Å². The fourth-order valence-corrected chi connectivity index (χ4v) is 4.70. The van der Waals surface area contributed by atoms with Crippen LogP contribution in [-0.2, 0) is 14.8 Å². The molecule has 2 aromatic rings. The molecule has 30 heavy (non-hydrogen) atoms. The first-order valence-corrected chi connectivity index (χ1v) is 12.4. The molecule has 0 unspecified atom stereocenters. The minimum atomic E-state index is -3.86. The minimum Gasteiger partial charge on any atom is -0.491 e. The quantitative estimate of drug-likeness (QED) is 0.650. The van der Waals surface area contributed by atoms with Crippen molar-refractivity contribution in [2.24, 2.45) is 0 Å². The van der Waals surface area contributed by atoms with Gasteiger partial charge < -0.3 is 14.4 Å². The van der Waals surface area contributed by atoms with Gasteiger partial charge in [-0.15, -0.1) is 11.8 Å². The first-order chi connectivity index (χ1) is 14.3. The van der Waals surface area contributed by atoms with Gasteiger partial charge in [0.15, 0.2) is 0 Å². The van der Waals surface area contributed by atoms with E-state index in [4.69, 9.17) is 9.47 Å². The number of amides is 1. The summed E-state index contributed by atoms with van der Waals surface area (Å²) >= 11 is 1.41. The Kier molecular flexibility index (Phi) is 7.27. The molecule has 9 heteroatoms. The van der Waals surface area contributed by atoms with Crippen LogP contribution in [0.25, 0.3) is 0 Å². The number of nitrogens with zero attached hydrogens (tertiary/aromatic N) is 1. The lowest BCUT2D eigenvalue weighted by molar-refractivity contribution is 0.0300. The monoisotopic (exact) mass is 450 g/mol. The van der Waals surface area contributed by atoms with Gasteiger partial charge in [0.05, 0.1) is 29.8 Å². The van der Waals surface area contributed by atoms with E-state index in [1.807, 2.05) is 20.1 Å². The normalized spacial score (nSPS) is 14.6. The second kappa shape index (κ2) is 9.72. The summed E-state index contributed by atoms with van der Waals surface area (Å²) in [5.74, 6) is 0.477. The lowest BCUT2D eigenvalue weighted by atomic mass is 10.2. The molecule has 1 aliphatic heterocycles. The van der Waals surface area contributed by atoms with Crippen LogP contribution in [0.5, 0.6) is 5.75 Å². The third-order valence-corrected chi connectivity index (χ3v) is 6.66. The summed E-state index contributed by atoms with van der Waals surface area (Å²) in [6.45, 7) is 5.79. The van der Waals surface area contributed by atoms with Crippen molar-refractivity contribution < 1.29 is 22.7 Å². The summed E-state index contributed by atoms with van der Waals surface area (Å²) in [6.07, 6.45) is 1.89. The molecule has 1 aliphatic rings. The van der Waals surface area contributed by atoms with Crippen LogP contribution in [0.1, 0.15) is 24.2 Å². The summed E-state index contributed by atoms with van der Waals surface area (Å²) in [5.41, 5.74) is 0.800. The van der Waals surface area contributed by atoms with Gasteiger partial charge in [-0.05, 0) is 62.6 Å². The predicted octanol–water partition coefficient (Wildman–Crippen LogP) is 3.47. The number of morpholine rings is 1. The highest BCUT2D eigenvalue weighted by atomic mass is 32.2. The molecule has 7 nitrogen and oxygen atoms in total. The topological polar surface area (TPSA) is 84.9 Å². The van der Waals surface area contributed by atoms with Crippen LogP contribution in [0.4, 0.5) is 5.69 Å². The molecular weight excluding hydrogens is 424 g/mol. The largest absolute Gasteiger partial charge is 0.491 e. The third kappa shape index (κ3) is 5.47. The number of benzene rings is 2. The molecule has 0 aliphatic carbocycles. The van der Waals surface area contributed by atoms with Crippen LogP contribution in [-0.4, -0.2) is 57.9 Å². The zero-order chi connectivity index (χ0) is 21.7. The van der Waals surface area contributed by atoms with E-state index in [1.165, 1.54) is 23.9 Å². The van der Waals surface area contributed by atoms with Crippen molar-refractivity contribution in [1.29, 1.82) is 0 Å². The van der Waals surface area contributed by atoms with Gasteiger partial charge >= 0.3 is 0 Å². The maximum Gasteiger partial charge on any atom is 0.261 e. The van der Waals surface area contributed by atoms with E-state index in [1.54, 1.807) is 35.2 Å². The summed E-state index contributed by atoms with van der Waals surface area (Å²) < 4.78 is 39.3. The molecule has 1 heterocycles. The van der Waals surface area contributed by atoms with Crippen LogP contribution >= 0.6 is 11.8 Å². The number of hydrogen-bond acceptors (Lipinski definition) is 6. The van der Waals surface area contributed by atoms with Crippen molar-refractivity contribution in [2.75, 3.05) is 37.3 Å². The first-order valence-electron chi connectivity index (χ1n) is 9.65. The van der Waals surface area contributed by atoms with E-state index in [2.05, 4.69) is 4.72 Å². The Labute approximate surface area is 181 Å². The van der Waals surface area contributed by atoms with Gasteiger partial charge in [0.25, 0.3) is 15.9 Å². The standard InChI is InChI=1S/C21H26N2O5S2/c1-15(2)28-17-6-4-16(5-7-17)22-30(25,26)18-8-9-20(29-3)19(14-18)21(24)23-10-12-27-13-11-23/h4-9,14-15,22H,10-13H2,1-3H3. The minimum absolute atomic E-state index is 0.0323. The zero-order valence-corrected chi connectivity index (χ0v) is 18.9. The van der Waals surface area contributed by atoms with Gasteiger partial charge in [0, 0.05) is 23.7 Å². The summed E-state index contributed by atoms with van der Waals surface area (Å²) in [7, 11) is -3.86. The lowest BCUT2D eigenvalue weighted by Crippen LogP contribution is -2.40. The van der Waals surface area contributed by atoms with Crippen LogP contribution < -0.4 is 9.46 Å². The van der Waals surface area contributed by atoms with E-state index in [9.17, 15) is 13.2 Å². The van der Waals surface area contributed by atoms with Crippen LogP contribution in [0, 0.1) is 0 Å². The van der Waals surface area contributed by atoms with Crippen LogP contribution in [0.3, 0.4) is 0 Å². The molecule has 1 N–H and O–H groups in total. The zero-order valence-electron chi connectivity index (χ0n) is 17.3. The molecule has 1 amide bonds. The summed E-state index contributed by atoms with van der Waals surface area (Å²) in [5, 5.41) is 0. The molecule has 162 valence electrons. The molecule has 0 aromatic heterocycles. The van der Waals surface area contributed by atoms with E-state index in [0.717, 1.165) is 4.90 Å². The molecule has 0 radical (unpaired) electrons. The van der Waals surface area contributed by atoms with E-state index in [-0.39, 0.29) is 16.9 Å². The Morgan fingerprint density at radius 2 is 1.80 bits per heavy atom. The Morgan fingerprint density at radius 1 is 1.13 bits per heavy atom. The molecule has 0 spiro atoms. The number of nitrogens with one attached hydrogen (secondary N) is 1. The van der Waals surface area contributed by atoms with Crippen molar-refractivity contribution in [3.63, 3.8) is 0 Å². The van der Waals surface area contributed by atoms with Crippen molar-refractivity contribution in [1.82, 2.24) is 4.90 Å².